The van der Waals surface area contributed by atoms with E-state index in [4.69, 9.17) is 5.73 Å². The third kappa shape index (κ3) is 3.94. The summed E-state index contributed by atoms with van der Waals surface area (Å²) in [6.07, 6.45) is 0. The zero-order valence-corrected chi connectivity index (χ0v) is 15.2. The molecule has 2 amide bonds. The third-order valence-electron chi connectivity index (χ3n) is 3.76. The summed E-state index contributed by atoms with van der Waals surface area (Å²) in [6.45, 7) is 4.13. The van der Waals surface area contributed by atoms with Gasteiger partial charge in [-0.05, 0) is 28.1 Å². The first-order valence-electron chi connectivity index (χ1n) is 7.99. The van der Waals surface area contributed by atoms with Gasteiger partial charge in [-0.1, -0.05) is 38.1 Å². The van der Waals surface area contributed by atoms with Gasteiger partial charge in [0.25, 0.3) is 5.91 Å². The van der Waals surface area contributed by atoms with Gasteiger partial charge in [-0.25, -0.2) is 0 Å². The Hall–Kier alpha value is -3.07. The minimum absolute atomic E-state index is 0.118. The number of nitrogens with two attached hydrogens (primary N) is 1. The maximum atomic E-state index is 12.1. The van der Waals surface area contributed by atoms with Crippen LogP contribution in [0.2, 0.25) is 0 Å². The second kappa shape index (κ2) is 7.44. The highest BCUT2D eigenvalue weighted by Gasteiger charge is 2.14. The first kappa shape index (κ1) is 17.7. The van der Waals surface area contributed by atoms with E-state index in [-0.39, 0.29) is 18.0 Å². The highest BCUT2D eigenvalue weighted by Crippen LogP contribution is 2.22. The molecule has 0 spiro atoms. The van der Waals surface area contributed by atoms with Gasteiger partial charge < -0.3 is 11.1 Å². The molecule has 9 heteroatoms. The van der Waals surface area contributed by atoms with Gasteiger partial charge in [-0.15, -0.1) is 21.5 Å². The van der Waals surface area contributed by atoms with Crippen molar-refractivity contribution in [3.63, 3.8) is 0 Å². The standard InChI is InChI=1S/C17H18N6O2S/c1-10(2)11-3-5-12(6-4-11)16-20-22-23(21-16)9-14(24)19-17-13(15(18)25)7-8-26-17/h3-8,10H,9H2,1-2H3,(H2,18,25)(H,19,24). The summed E-state index contributed by atoms with van der Waals surface area (Å²) < 4.78 is 0. The summed E-state index contributed by atoms with van der Waals surface area (Å²) >= 11 is 1.22. The molecule has 0 saturated heterocycles. The number of anilines is 1. The lowest BCUT2D eigenvalue weighted by molar-refractivity contribution is -0.117. The maximum absolute atomic E-state index is 12.1. The van der Waals surface area contributed by atoms with Crippen molar-refractivity contribution in [3.8, 4) is 11.4 Å². The number of carbonyl (C=O) groups is 2. The van der Waals surface area contributed by atoms with Crippen LogP contribution in [0, 0.1) is 0 Å². The first-order valence-corrected chi connectivity index (χ1v) is 8.87. The molecule has 134 valence electrons. The quantitative estimate of drug-likeness (QED) is 0.690. The molecule has 1 aromatic carbocycles. The number of aromatic nitrogens is 4. The summed E-state index contributed by atoms with van der Waals surface area (Å²) in [5.74, 6) is -0.0670. The Kier molecular flexibility index (Phi) is 5.08. The van der Waals surface area contributed by atoms with Gasteiger partial charge in [0.05, 0.1) is 5.56 Å². The monoisotopic (exact) mass is 370 g/mol. The van der Waals surface area contributed by atoms with Gasteiger partial charge in [-0.3, -0.25) is 9.59 Å². The zero-order chi connectivity index (χ0) is 18.7. The Bertz CT molecular complexity index is 929. The number of hydrogen-bond donors (Lipinski definition) is 2. The van der Waals surface area contributed by atoms with E-state index in [2.05, 4.69) is 34.6 Å². The number of rotatable bonds is 6. The van der Waals surface area contributed by atoms with Crippen molar-refractivity contribution in [2.75, 3.05) is 5.32 Å². The SMILES string of the molecule is CC(C)c1ccc(-c2nnn(CC(=O)Nc3sccc3C(N)=O)n2)cc1. The van der Waals surface area contributed by atoms with E-state index in [9.17, 15) is 9.59 Å². The Morgan fingerprint density at radius 2 is 1.96 bits per heavy atom. The van der Waals surface area contributed by atoms with Crippen LogP contribution in [0.1, 0.15) is 35.7 Å². The summed E-state index contributed by atoms with van der Waals surface area (Å²) in [6, 6.07) is 9.48. The Labute approximate surface area is 154 Å². The van der Waals surface area contributed by atoms with E-state index in [0.717, 1.165) is 5.56 Å². The van der Waals surface area contributed by atoms with Crippen LogP contribution >= 0.6 is 11.3 Å². The maximum Gasteiger partial charge on any atom is 0.251 e. The fourth-order valence-corrected chi connectivity index (χ4v) is 3.15. The Morgan fingerprint density at radius 3 is 2.62 bits per heavy atom. The van der Waals surface area contributed by atoms with Crippen molar-refractivity contribution in [3.05, 3.63) is 46.8 Å². The van der Waals surface area contributed by atoms with E-state index < -0.39 is 5.91 Å². The molecule has 0 aliphatic heterocycles. The van der Waals surface area contributed by atoms with Crippen LogP contribution in [0.25, 0.3) is 11.4 Å². The second-order valence-electron chi connectivity index (χ2n) is 6.00. The van der Waals surface area contributed by atoms with Gasteiger partial charge in [0.1, 0.15) is 11.5 Å². The van der Waals surface area contributed by atoms with E-state index in [1.807, 2.05) is 24.3 Å². The number of tetrazole rings is 1. The molecule has 0 atom stereocenters. The second-order valence-corrected chi connectivity index (χ2v) is 6.91. The number of amides is 2. The summed E-state index contributed by atoms with van der Waals surface area (Å²) in [4.78, 5) is 24.6. The summed E-state index contributed by atoms with van der Waals surface area (Å²) in [5, 5.41) is 16.8. The van der Waals surface area contributed by atoms with Gasteiger partial charge >= 0.3 is 0 Å². The van der Waals surface area contributed by atoms with Crippen molar-refractivity contribution in [1.82, 2.24) is 20.2 Å². The predicted octanol–water partition coefficient (Wildman–Crippen LogP) is 2.26. The number of nitrogens with one attached hydrogen (secondary N) is 1. The molecule has 0 unspecified atom stereocenters. The zero-order valence-electron chi connectivity index (χ0n) is 14.3. The molecule has 0 bridgehead atoms. The molecule has 2 aromatic heterocycles. The number of benzene rings is 1. The molecule has 0 radical (unpaired) electrons. The average molecular weight is 370 g/mol. The molecule has 3 rings (SSSR count). The van der Waals surface area contributed by atoms with Crippen molar-refractivity contribution < 1.29 is 9.59 Å². The molecular formula is C17H18N6O2S. The number of primary amides is 1. The average Bonchev–Trinajstić information content (AvgIpc) is 3.24. The van der Waals surface area contributed by atoms with Gasteiger partial charge in [0.15, 0.2) is 0 Å². The van der Waals surface area contributed by atoms with E-state index in [1.165, 1.54) is 21.7 Å². The fraction of sp³-hybridized carbons (Fsp3) is 0.235. The molecular weight excluding hydrogens is 352 g/mol. The lowest BCUT2D eigenvalue weighted by Crippen LogP contribution is -2.22. The normalized spacial score (nSPS) is 10.9. The van der Waals surface area contributed by atoms with Gasteiger partial charge in [-0.2, -0.15) is 4.80 Å². The van der Waals surface area contributed by atoms with Crippen LogP contribution in [0.3, 0.4) is 0 Å². The summed E-state index contributed by atoms with van der Waals surface area (Å²) in [7, 11) is 0. The van der Waals surface area contributed by atoms with Gasteiger partial charge in [0, 0.05) is 5.56 Å². The molecule has 0 aliphatic carbocycles. The molecule has 3 aromatic rings. The van der Waals surface area contributed by atoms with Crippen LogP contribution in [-0.4, -0.2) is 32.0 Å². The van der Waals surface area contributed by atoms with Crippen molar-refractivity contribution in [1.29, 1.82) is 0 Å². The third-order valence-corrected chi connectivity index (χ3v) is 4.59. The van der Waals surface area contributed by atoms with Crippen LogP contribution < -0.4 is 11.1 Å². The molecule has 0 saturated carbocycles. The van der Waals surface area contributed by atoms with Crippen LogP contribution in [0.15, 0.2) is 35.7 Å². The van der Waals surface area contributed by atoms with Crippen LogP contribution in [0.5, 0.6) is 0 Å². The number of thiophene rings is 1. The van der Waals surface area contributed by atoms with E-state index >= 15 is 0 Å². The molecule has 26 heavy (non-hydrogen) atoms. The van der Waals surface area contributed by atoms with Crippen LogP contribution in [0.4, 0.5) is 5.00 Å². The lowest BCUT2D eigenvalue weighted by Gasteiger charge is -2.05. The number of hydrogen-bond acceptors (Lipinski definition) is 6. The highest BCUT2D eigenvalue weighted by atomic mass is 32.1. The first-order chi connectivity index (χ1) is 12.4. The Morgan fingerprint density at radius 1 is 1.23 bits per heavy atom. The predicted molar refractivity (Wildman–Crippen MR) is 98.8 cm³/mol. The topological polar surface area (TPSA) is 116 Å². The molecule has 3 N–H and O–H groups in total. The highest BCUT2D eigenvalue weighted by molar-refractivity contribution is 7.14. The number of carbonyl (C=O) groups excluding carboxylic acids is 2. The molecule has 8 nitrogen and oxygen atoms in total. The van der Waals surface area contributed by atoms with Crippen molar-refractivity contribution in [2.24, 2.45) is 5.73 Å². The minimum Gasteiger partial charge on any atom is -0.366 e. The minimum atomic E-state index is -0.590. The van der Waals surface area contributed by atoms with Crippen molar-refractivity contribution in [2.45, 2.75) is 26.3 Å². The molecule has 0 aliphatic rings. The largest absolute Gasteiger partial charge is 0.366 e. The van der Waals surface area contributed by atoms with Crippen LogP contribution in [-0.2, 0) is 11.3 Å². The Balaban J connectivity index is 1.67. The number of nitrogens with zero attached hydrogens (tertiary/aromatic N) is 4. The molecule has 2 heterocycles. The molecule has 0 fully saturated rings. The van der Waals surface area contributed by atoms with E-state index in [1.54, 1.807) is 11.4 Å². The lowest BCUT2D eigenvalue weighted by atomic mass is 10.0. The van der Waals surface area contributed by atoms with Gasteiger partial charge in [0.2, 0.25) is 11.7 Å². The fourth-order valence-electron chi connectivity index (χ4n) is 2.34. The smallest absolute Gasteiger partial charge is 0.251 e. The summed E-state index contributed by atoms with van der Waals surface area (Å²) in [5.41, 5.74) is 7.59. The van der Waals surface area contributed by atoms with Crippen molar-refractivity contribution >= 4 is 28.2 Å². The van der Waals surface area contributed by atoms with E-state index in [0.29, 0.717) is 16.7 Å².